The fourth-order valence-electron chi connectivity index (χ4n) is 1.81. The summed E-state index contributed by atoms with van der Waals surface area (Å²) in [6.07, 6.45) is 1.09. The van der Waals surface area contributed by atoms with Gasteiger partial charge in [0, 0.05) is 12.6 Å². The first-order valence-corrected chi connectivity index (χ1v) is 4.36. The van der Waals surface area contributed by atoms with Crippen molar-refractivity contribution in [3.63, 3.8) is 0 Å². The Morgan fingerprint density at radius 3 is 2.75 bits per heavy atom. The minimum Gasteiger partial charge on any atom is -0.369 e. The molecule has 1 fully saturated rings. The molecule has 1 amide bonds. The first kappa shape index (κ1) is 9.48. The predicted octanol–water partition coefficient (Wildman–Crippen LogP) is -0.859. The molecule has 0 bridgehead atoms. The van der Waals surface area contributed by atoms with Gasteiger partial charge in [0.1, 0.15) is 0 Å². The minimum atomic E-state index is -0.250. The van der Waals surface area contributed by atoms with E-state index in [1.807, 2.05) is 0 Å². The molecule has 4 N–H and O–H groups in total. The van der Waals surface area contributed by atoms with E-state index in [1.54, 1.807) is 0 Å². The van der Waals surface area contributed by atoms with Crippen molar-refractivity contribution in [1.82, 2.24) is 4.90 Å². The van der Waals surface area contributed by atoms with Gasteiger partial charge in [-0.15, -0.1) is 0 Å². The van der Waals surface area contributed by atoms with Gasteiger partial charge in [-0.2, -0.15) is 0 Å². The number of carbonyl (C=O) groups excluding carboxylic acids is 1. The summed E-state index contributed by atoms with van der Waals surface area (Å²) in [6, 6.07) is 0.450. The summed E-state index contributed by atoms with van der Waals surface area (Å²) in [6.45, 7) is 4.11. The molecular weight excluding hydrogens is 154 g/mol. The van der Waals surface area contributed by atoms with Crippen molar-refractivity contribution in [3.8, 4) is 0 Å². The Morgan fingerprint density at radius 1 is 1.67 bits per heavy atom. The van der Waals surface area contributed by atoms with E-state index in [0.29, 0.717) is 25.0 Å². The highest BCUT2D eigenvalue weighted by atomic mass is 16.1. The molecule has 0 aromatic heterocycles. The van der Waals surface area contributed by atoms with Crippen LogP contribution in [0.25, 0.3) is 0 Å². The summed E-state index contributed by atoms with van der Waals surface area (Å²) < 4.78 is 0. The van der Waals surface area contributed by atoms with E-state index in [9.17, 15) is 4.79 Å². The Labute approximate surface area is 72.9 Å². The molecule has 0 radical (unpaired) electrons. The number of nitrogens with zero attached hydrogens (tertiary/aromatic N) is 1. The Morgan fingerprint density at radius 2 is 2.33 bits per heavy atom. The largest absolute Gasteiger partial charge is 0.369 e. The van der Waals surface area contributed by atoms with Crippen molar-refractivity contribution < 1.29 is 4.79 Å². The van der Waals surface area contributed by atoms with Gasteiger partial charge in [0.2, 0.25) is 5.91 Å². The third-order valence-electron chi connectivity index (χ3n) is 2.48. The Bertz CT molecular complexity index is 172. The first-order valence-electron chi connectivity index (χ1n) is 4.36. The number of primary amides is 1. The van der Waals surface area contributed by atoms with Crippen molar-refractivity contribution in [1.29, 1.82) is 0 Å². The zero-order chi connectivity index (χ0) is 9.14. The van der Waals surface area contributed by atoms with E-state index in [0.717, 1.165) is 13.0 Å². The maximum Gasteiger partial charge on any atom is 0.231 e. The average molecular weight is 171 g/mol. The molecule has 4 heteroatoms. The van der Waals surface area contributed by atoms with Crippen LogP contribution in [-0.4, -0.2) is 36.5 Å². The zero-order valence-corrected chi connectivity index (χ0v) is 7.49. The van der Waals surface area contributed by atoms with Crippen molar-refractivity contribution >= 4 is 5.91 Å². The van der Waals surface area contributed by atoms with Gasteiger partial charge in [-0.3, -0.25) is 9.69 Å². The fraction of sp³-hybridized carbons (Fsp3) is 0.875. The highest BCUT2D eigenvalue weighted by Crippen LogP contribution is 2.20. The normalized spacial score (nSPS) is 30.8. The van der Waals surface area contributed by atoms with Gasteiger partial charge in [0.15, 0.2) is 0 Å². The summed E-state index contributed by atoms with van der Waals surface area (Å²) >= 11 is 0. The number of amides is 1. The lowest BCUT2D eigenvalue weighted by atomic mass is 10.1. The molecule has 0 aliphatic carbocycles. The van der Waals surface area contributed by atoms with E-state index in [4.69, 9.17) is 11.5 Å². The highest BCUT2D eigenvalue weighted by Gasteiger charge is 2.28. The molecule has 70 valence electrons. The van der Waals surface area contributed by atoms with Crippen molar-refractivity contribution in [2.75, 3.05) is 19.6 Å². The van der Waals surface area contributed by atoms with E-state index >= 15 is 0 Å². The van der Waals surface area contributed by atoms with E-state index in [-0.39, 0.29) is 5.91 Å². The molecule has 2 atom stereocenters. The van der Waals surface area contributed by atoms with Crippen LogP contribution in [0.15, 0.2) is 0 Å². The summed E-state index contributed by atoms with van der Waals surface area (Å²) in [5.41, 5.74) is 10.7. The van der Waals surface area contributed by atoms with Gasteiger partial charge in [0.05, 0.1) is 6.54 Å². The Balaban J connectivity index is 2.40. The number of rotatable bonds is 3. The van der Waals surface area contributed by atoms with Crippen LogP contribution in [0.4, 0.5) is 0 Å². The number of hydrogen-bond donors (Lipinski definition) is 2. The lowest BCUT2D eigenvalue weighted by Crippen LogP contribution is -2.36. The summed E-state index contributed by atoms with van der Waals surface area (Å²) in [5, 5.41) is 0. The number of hydrogen-bond acceptors (Lipinski definition) is 3. The Hall–Kier alpha value is -0.610. The van der Waals surface area contributed by atoms with Gasteiger partial charge in [-0.25, -0.2) is 0 Å². The maximum atomic E-state index is 10.6. The van der Waals surface area contributed by atoms with Gasteiger partial charge >= 0.3 is 0 Å². The lowest BCUT2D eigenvalue weighted by molar-refractivity contribution is -0.119. The summed E-state index contributed by atoms with van der Waals surface area (Å²) in [7, 11) is 0. The van der Waals surface area contributed by atoms with Crippen molar-refractivity contribution in [2.45, 2.75) is 19.4 Å². The highest BCUT2D eigenvalue weighted by molar-refractivity contribution is 5.76. The molecule has 1 aliphatic heterocycles. The molecule has 4 nitrogen and oxygen atoms in total. The van der Waals surface area contributed by atoms with Crippen LogP contribution < -0.4 is 11.5 Å². The van der Waals surface area contributed by atoms with Crippen LogP contribution >= 0.6 is 0 Å². The van der Waals surface area contributed by atoms with Crippen LogP contribution in [0.3, 0.4) is 0 Å². The van der Waals surface area contributed by atoms with Gasteiger partial charge in [-0.1, -0.05) is 0 Å². The van der Waals surface area contributed by atoms with Crippen LogP contribution in [0.1, 0.15) is 13.3 Å². The minimum absolute atomic E-state index is 0.250. The molecule has 2 unspecified atom stereocenters. The predicted molar refractivity (Wildman–Crippen MR) is 47.4 cm³/mol. The topological polar surface area (TPSA) is 72.3 Å². The molecule has 0 aromatic carbocycles. The molecule has 0 spiro atoms. The molecule has 1 saturated heterocycles. The van der Waals surface area contributed by atoms with E-state index in [1.165, 1.54) is 0 Å². The third-order valence-corrected chi connectivity index (χ3v) is 2.48. The average Bonchev–Trinajstić information content (AvgIpc) is 2.31. The summed E-state index contributed by atoms with van der Waals surface area (Å²) in [5.74, 6) is 0.291. The second-order valence-corrected chi connectivity index (χ2v) is 3.58. The molecule has 0 saturated carbocycles. The van der Waals surface area contributed by atoms with E-state index in [2.05, 4.69) is 11.8 Å². The molecule has 12 heavy (non-hydrogen) atoms. The number of nitrogens with two attached hydrogens (primary N) is 2. The second-order valence-electron chi connectivity index (χ2n) is 3.58. The first-order chi connectivity index (χ1) is 5.63. The molecule has 0 aromatic rings. The standard InChI is InChI=1S/C8H17N3O/c1-6-2-7(3-9)4-11(6)5-8(10)12/h6-7H,2-5,9H2,1H3,(H2,10,12). The van der Waals surface area contributed by atoms with Crippen molar-refractivity contribution in [3.05, 3.63) is 0 Å². The number of likely N-dealkylation sites (tertiary alicyclic amines) is 1. The van der Waals surface area contributed by atoms with E-state index < -0.39 is 0 Å². The van der Waals surface area contributed by atoms with Gasteiger partial charge in [0.25, 0.3) is 0 Å². The monoisotopic (exact) mass is 171 g/mol. The van der Waals surface area contributed by atoms with Crippen LogP contribution in [0.5, 0.6) is 0 Å². The van der Waals surface area contributed by atoms with Gasteiger partial charge in [-0.05, 0) is 25.8 Å². The van der Waals surface area contributed by atoms with Crippen molar-refractivity contribution in [2.24, 2.45) is 17.4 Å². The summed E-state index contributed by atoms with van der Waals surface area (Å²) in [4.78, 5) is 12.7. The molecule has 1 rings (SSSR count). The smallest absolute Gasteiger partial charge is 0.231 e. The second kappa shape index (κ2) is 3.87. The Kier molecular flexibility index (Phi) is 3.05. The van der Waals surface area contributed by atoms with Gasteiger partial charge < -0.3 is 11.5 Å². The number of carbonyl (C=O) groups is 1. The third kappa shape index (κ3) is 2.19. The molecule has 1 heterocycles. The zero-order valence-electron chi connectivity index (χ0n) is 7.49. The fourth-order valence-corrected chi connectivity index (χ4v) is 1.81. The van der Waals surface area contributed by atoms with Crippen LogP contribution in [0, 0.1) is 5.92 Å². The van der Waals surface area contributed by atoms with Crippen LogP contribution in [-0.2, 0) is 4.79 Å². The molecular formula is C8H17N3O. The maximum absolute atomic E-state index is 10.6. The quantitative estimate of drug-likeness (QED) is 0.580. The SMILES string of the molecule is CC1CC(CN)CN1CC(N)=O. The lowest BCUT2D eigenvalue weighted by Gasteiger charge is -2.18. The van der Waals surface area contributed by atoms with Crippen LogP contribution in [0.2, 0.25) is 0 Å². The molecule has 1 aliphatic rings.